The fourth-order valence-electron chi connectivity index (χ4n) is 3.00. The second-order valence-electron chi connectivity index (χ2n) is 5.98. The third-order valence-corrected chi connectivity index (χ3v) is 4.31. The van der Waals surface area contributed by atoms with Crippen LogP contribution >= 0.6 is 0 Å². The van der Waals surface area contributed by atoms with Crippen molar-refractivity contribution in [3.63, 3.8) is 0 Å². The van der Waals surface area contributed by atoms with Crippen molar-refractivity contribution in [1.82, 2.24) is 4.90 Å². The Labute approximate surface area is 115 Å². The SMILES string of the molecule is CC1CC(C)C(C)N(C(=O)Cc2ccccc2N)C1. The molecule has 1 aliphatic rings. The molecule has 2 rings (SSSR count). The minimum atomic E-state index is 0.198. The number of carbonyl (C=O) groups is 1. The van der Waals surface area contributed by atoms with E-state index in [0.29, 0.717) is 30.0 Å². The molecule has 0 spiro atoms. The first-order valence-corrected chi connectivity index (χ1v) is 7.12. The molecule has 104 valence electrons. The zero-order valence-corrected chi connectivity index (χ0v) is 12.1. The third-order valence-electron chi connectivity index (χ3n) is 4.31. The maximum absolute atomic E-state index is 12.5. The fourth-order valence-corrected chi connectivity index (χ4v) is 3.00. The lowest BCUT2D eigenvalue weighted by atomic mass is 9.85. The normalized spacial score (nSPS) is 27.3. The van der Waals surface area contributed by atoms with Crippen LogP contribution in [0.3, 0.4) is 0 Å². The van der Waals surface area contributed by atoms with Crippen LogP contribution in [-0.2, 0) is 11.2 Å². The van der Waals surface area contributed by atoms with Crippen molar-refractivity contribution in [2.24, 2.45) is 11.8 Å². The number of nitrogens with two attached hydrogens (primary N) is 1. The molecule has 3 nitrogen and oxygen atoms in total. The largest absolute Gasteiger partial charge is 0.398 e. The Hall–Kier alpha value is -1.51. The van der Waals surface area contributed by atoms with Crippen molar-refractivity contribution in [3.8, 4) is 0 Å². The van der Waals surface area contributed by atoms with Crippen LogP contribution in [0.15, 0.2) is 24.3 Å². The zero-order valence-electron chi connectivity index (χ0n) is 12.1. The molecule has 3 heteroatoms. The van der Waals surface area contributed by atoms with E-state index in [4.69, 9.17) is 5.73 Å². The number of anilines is 1. The molecule has 1 aliphatic heterocycles. The van der Waals surface area contributed by atoms with Gasteiger partial charge in [-0.25, -0.2) is 0 Å². The van der Waals surface area contributed by atoms with E-state index in [1.165, 1.54) is 6.42 Å². The topological polar surface area (TPSA) is 46.3 Å². The fraction of sp³-hybridized carbons (Fsp3) is 0.562. The minimum Gasteiger partial charge on any atom is -0.398 e. The first-order chi connectivity index (χ1) is 8.99. The van der Waals surface area contributed by atoms with E-state index in [0.717, 1.165) is 12.1 Å². The molecule has 1 aromatic rings. The number of hydrogen-bond acceptors (Lipinski definition) is 2. The lowest BCUT2D eigenvalue weighted by molar-refractivity contribution is -0.136. The number of carbonyl (C=O) groups excluding carboxylic acids is 1. The molecule has 1 heterocycles. The molecular weight excluding hydrogens is 236 g/mol. The molecule has 0 aromatic heterocycles. The number of likely N-dealkylation sites (tertiary alicyclic amines) is 1. The first kappa shape index (κ1) is 13.9. The van der Waals surface area contributed by atoms with Crippen LogP contribution in [0.5, 0.6) is 0 Å². The Bertz CT molecular complexity index is 458. The number of nitrogens with zero attached hydrogens (tertiary/aromatic N) is 1. The van der Waals surface area contributed by atoms with Crippen LogP contribution in [0.4, 0.5) is 5.69 Å². The van der Waals surface area contributed by atoms with Crippen LogP contribution in [0.25, 0.3) is 0 Å². The lowest BCUT2D eigenvalue weighted by Gasteiger charge is -2.41. The third kappa shape index (κ3) is 3.09. The Morgan fingerprint density at radius 1 is 1.32 bits per heavy atom. The van der Waals surface area contributed by atoms with E-state index in [1.807, 2.05) is 29.2 Å². The summed E-state index contributed by atoms with van der Waals surface area (Å²) in [5, 5.41) is 0. The number of rotatable bonds is 2. The van der Waals surface area contributed by atoms with Gasteiger partial charge in [-0.15, -0.1) is 0 Å². The molecule has 0 aliphatic carbocycles. The highest BCUT2D eigenvalue weighted by Gasteiger charge is 2.31. The van der Waals surface area contributed by atoms with Gasteiger partial charge in [-0.1, -0.05) is 32.0 Å². The van der Waals surface area contributed by atoms with Gasteiger partial charge in [0.15, 0.2) is 0 Å². The second-order valence-corrected chi connectivity index (χ2v) is 5.98. The van der Waals surface area contributed by atoms with Crippen LogP contribution in [-0.4, -0.2) is 23.4 Å². The Balaban J connectivity index is 2.09. The number of piperidine rings is 1. The summed E-state index contributed by atoms with van der Waals surface area (Å²) in [6, 6.07) is 7.96. The maximum Gasteiger partial charge on any atom is 0.227 e. The monoisotopic (exact) mass is 260 g/mol. The van der Waals surface area contributed by atoms with E-state index < -0.39 is 0 Å². The Morgan fingerprint density at radius 2 is 2.00 bits per heavy atom. The van der Waals surface area contributed by atoms with Crippen molar-refractivity contribution in [2.45, 2.75) is 39.7 Å². The summed E-state index contributed by atoms with van der Waals surface area (Å²) in [6.45, 7) is 7.48. The van der Waals surface area contributed by atoms with E-state index in [1.54, 1.807) is 0 Å². The molecule has 1 aromatic carbocycles. The Morgan fingerprint density at radius 3 is 2.68 bits per heavy atom. The van der Waals surface area contributed by atoms with Crippen molar-refractivity contribution in [3.05, 3.63) is 29.8 Å². The Kier molecular flexibility index (Phi) is 4.13. The van der Waals surface area contributed by atoms with Gasteiger partial charge in [0.1, 0.15) is 0 Å². The predicted octanol–water partition coefficient (Wildman–Crippen LogP) is 2.70. The highest BCUT2D eigenvalue weighted by molar-refractivity contribution is 5.80. The second kappa shape index (κ2) is 5.64. The average Bonchev–Trinajstić information content (AvgIpc) is 2.36. The molecule has 1 fully saturated rings. The predicted molar refractivity (Wildman–Crippen MR) is 78.7 cm³/mol. The van der Waals surface area contributed by atoms with Crippen LogP contribution in [0, 0.1) is 11.8 Å². The number of amides is 1. The summed E-state index contributed by atoms with van der Waals surface area (Å²) < 4.78 is 0. The van der Waals surface area contributed by atoms with E-state index in [9.17, 15) is 4.79 Å². The van der Waals surface area contributed by atoms with E-state index in [-0.39, 0.29) is 5.91 Å². The van der Waals surface area contributed by atoms with Crippen molar-refractivity contribution in [1.29, 1.82) is 0 Å². The van der Waals surface area contributed by atoms with Gasteiger partial charge in [0.05, 0.1) is 6.42 Å². The quantitative estimate of drug-likeness (QED) is 0.831. The summed E-state index contributed by atoms with van der Waals surface area (Å²) in [5.74, 6) is 1.35. The number of benzene rings is 1. The van der Waals surface area contributed by atoms with Gasteiger partial charge in [-0.3, -0.25) is 4.79 Å². The summed E-state index contributed by atoms with van der Waals surface area (Å²) in [6.07, 6.45) is 1.62. The average molecular weight is 260 g/mol. The van der Waals surface area contributed by atoms with Crippen LogP contribution in [0.1, 0.15) is 32.8 Å². The van der Waals surface area contributed by atoms with Crippen molar-refractivity contribution < 1.29 is 4.79 Å². The number of nitrogen functional groups attached to an aromatic ring is 1. The van der Waals surface area contributed by atoms with Gasteiger partial charge in [-0.05, 0) is 36.8 Å². The highest BCUT2D eigenvalue weighted by Crippen LogP contribution is 2.27. The summed E-state index contributed by atoms with van der Waals surface area (Å²) in [4.78, 5) is 14.5. The summed E-state index contributed by atoms with van der Waals surface area (Å²) in [5.41, 5.74) is 7.56. The molecule has 1 saturated heterocycles. The molecule has 0 bridgehead atoms. The van der Waals surface area contributed by atoms with Gasteiger partial charge >= 0.3 is 0 Å². The van der Waals surface area contributed by atoms with E-state index in [2.05, 4.69) is 20.8 Å². The van der Waals surface area contributed by atoms with Crippen molar-refractivity contribution in [2.75, 3.05) is 12.3 Å². The van der Waals surface area contributed by atoms with Crippen molar-refractivity contribution >= 4 is 11.6 Å². The standard InChI is InChI=1S/C16H24N2O/c1-11-8-12(2)13(3)18(10-11)16(19)9-14-6-4-5-7-15(14)17/h4-7,11-13H,8-10,17H2,1-3H3. The van der Waals surface area contributed by atoms with Gasteiger partial charge in [0.25, 0.3) is 0 Å². The summed E-state index contributed by atoms with van der Waals surface area (Å²) in [7, 11) is 0. The molecule has 2 N–H and O–H groups in total. The smallest absolute Gasteiger partial charge is 0.227 e. The molecular formula is C16H24N2O. The lowest BCUT2D eigenvalue weighted by Crippen LogP contribution is -2.49. The molecule has 19 heavy (non-hydrogen) atoms. The maximum atomic E-state index is 12.5. The van der Waals surface area contributed by atoms with E-state index >= 15 is 0 Å². The minimum absolute atomic E-state index is 0.198. The zero-order chi connectivity index (χ0) is 14.0. The van der Waals surface area contributed by atoms with Gasteiger partial charge < -0.3 is 10.6 Å². The van der Waals surface area contributed by atoms with Gasteiger partial charge in [0, 0.05) is 18.3 Å². The van der Waals surface area contributed by atoms with Crippen LogP contribution in [0.2, 0.25) is 0 Å². The highest BCUT2D eigenvalue weighted by atomic mass is 16.2. The molecule has 3 atom stereocenters. The molecule has 0 saturated carbocycles. The molecule has 0 radical (unpaired) electrons. The van der Waals surface area contributed by atoms with Crippen LogP contribution < -0.4 is 5.73 Å². The van der Waals surface area contributed by atoms with Gasteiger partial charge in [-0.2, -0.15) is 0 Å². The molecule has 3 unspecified atom stereocenters. The summed E-state index contributed by atoms with van der Waals surface area (Å²) >= 11 is 0. The number of hydrogen-bond donors (Lipinski definition) is 1. The first-order valence-electron chi connectivity index (χ1n) is 7.12. The number of para-hydroxylation sites is 1. The molecule has 1 amide bonds. The van der Waals surface area contributed by atoms with Gasteiger partial charge in [0.2, 0.25) is 5.91 Å².